The molecule has 6 nitrogen and oxygen atoms in total. The third-order valence-electron chi connectivity index (χ3n) is 2.94. The molecule has 0 atom stereocenters. The maximum Gasteiger partial charge on any atom is 0.234 e. The highest BCUT2D eigenvalue weighted by Crippen LogP contribution is 2.27. The van der Waals surface area contributed by atoms with E-state index in [2.05, 4.69) is 20.8 Å². The molecule has 0 aliphatic heterocycles. The number of anilines is 2. The zero-order valence-corrected chi connectivity index (χ0v) is 16.5. The van der Waals surface area contributed by atoms with Crippen molar-refractivity contribution in [3.05, 3.63) is 28.2 Å². The minimum Gasteiger partial charge on any atom is -0.325 e. The number of unbranched alkanes of at least 4 members (excludes halogenated alkanes) is 1. The Bertz CT molecular complexity index is 755. The van der Waals surface area contributed by atoms with E-state index in [4.69, 9.17) is 23.2 Å². The maximum atomic E-state index is 12.0. The van der Waals surface area contributed by atoms with Crippen LogP contribution in [0.3, 0.4) is 0 Å². The summed E-state index contributed by atoms with van der Waals surface area (Å²) in [6.07, 6.45) is 2.25. The Hall–Kier alpha value is -1.35. The number of aromatic nitrogens is 2. The first-order valence-electron chi connectivity index (χ1n) is 7.49. The molecule has 2 aromatic rings. The van der Waals surface area contributed by atoms with Crippen LogP contribution in [0.4, 0.5) is 10.8 Å². The van der Waals surface area contributed by atoms with E-state index in [1.54, 1.807) is 18.2 Å². The Balaban J connectivity index is 1.79. The van der Waals surface area contributed by atoms with Crippen LogP contribution in [0.2, 0.25) is 10.0 Å². The van der Waals surface area contributed by atoms with Crippen molar-refractivity contribution in [2.24, 2.45) is 0 Å². The quantitative estimate of drug-likeness (QED) is 0.479. The van der Waals surface area contributed by atoms with E-state index in [-0.39, 0.29) is 17.6 Å². The van der Waals surface area contributed by atoms with E-state index in [0.717, 1.165) is 12.8 Å². The highest BCUT2D eigenvalue weighted by Gasteiger charge is 2.11. The van der Waals surface area contributed by atoms with E-state index in [0.29, 0.717) is 31.6 Å². The van der Waals surface area contributed by atoms with Crippen LogP contribution in [0.25, 0.3) is 0 Å². The van der Waals surface area contributed by atoms with Crippen molar-refractivity contribution in [1.82, 2.24) is 10.2 Å². The van der Waals surface area contributed by atoms with Gasteiger partial charge in [-0.3, -0.25) is 9.59 Å². The van der Waals surface area contributed by atoms with Crippen LogP contribution in [-0.4, -0.2) is 27.8 Å². The first-order chi connectivity index (χ1) is 12.0. The van der Waals surface area contributed by atoms with Crippen LogP contribution in [0, 0.1) is 0 Å². The molecule has 0 saturated carbocycles. The molecule has 0 bridgehead atoms. The van der Waals surface area contributed by atoms with Crippen molar-refractivity contribution >= 4 is 68.9 Å². The fraction of sp³-hybridized carbons (Fsp3) is 0.333. The highest BCUT2D eigenvalue weighted by molar-refractivity contribution is 8.01. The molecule has 0 unspecified atom stereocenters. The average Bonchev–Trinajstić information content (AvgIpc) is 3.02. The smallest absolute Gasteiger partial charge is 0.234 e. The van der Waals surface area contributed by atoms with Gasteiger partial charge in [-0.1, -0.05) is 59.6 Å². The largest absolute Gasteiger partial charge is 0.325 e. The Kier molecular flexibility index (Phi) is 7.95. The normalized spacial score (nSPS) is 10.5. The second-order valence-corrected chi connectivity index (χ2v) is 8.00. The minimum atomic E-state index is -0.202. The van der Waals surface area contributed by atoms with Crippen LogP contribution in [0.5, 0.6) is 0 Å². The number of rotatable bonds is 8. The molecule has 10 heteroatoms. The van der Waals surface area contributed by atoms with Crippen molar-refractivity contribution in [1.29, 1.82) is 0 Å². The van der Waals surface area contributed by atoms with Gasteiger partial charge in [0.05, 0.1) is 15.8 Å². The molecule has 1 aromatic carbocycles. The van der Waals surface area contributed by atoms with Gasteiger partial charge in [-0.05, 0) is 24.6 Å². The number of carbonyl (C=O) groups excluding carboxylic acids is 2. The lowest BCUT2D eigenvalue weighted by Gasteiger charge is -2.05. The monoisotopic (exact) mass is 418 g/mol. The van der Waals surface area contributed by atoms with Crippen LogP contribution in [0.1, 0.15) is 26.2 Å². The second-order valence-electron chi connectivity index (χ2n) is 4.99. The summed E-state index contributed by atoms with van der Waals surface area (Å²) in [6.45, 7) is 2.02. The van der Waals surface area contributed by atoms with Gasteiger partial charge >= 0.3 is 0 Å². The molecule has 0 fully saturated rings. The molecular formula is C15H16Cl2N4O2S2. The SMILES string of the molecule is CCCCC(=O)Nc1nnc(SCC(=O)Nc2ccc(Cl)c(Cl)c2)s1. The molecule has 2 rings (SSSR count). The molecule has 1 aromatic heterocycles. The van der Waals surface area contributed by atoms with E-state index in [1.165, 1.54) is 23.1 Å². The zero-order valence-electron chi connectivity index (χ0n) is 13.3. The number of carbonyl (C=O) groups is 2. The van der Waals surface area contributed by atoms with E-state index in [1.807, 2.05) is 6.92 Å². The molecule has 0 aliphatic carbocycles. The number of thioether (sulfide) groups is 1. The number of hydrogen-bond acceptors (Lipinski definition) is 6. The summed E-state index contributed by atoms with van der Waals surface area (Å²) in [5.41, 5.74) is 0.571. The van der Waals surface area contributed by atoms with Gasteiger partial charge in [0.1, 0.15) is 0 Å². The van der Waals surface area contributed by atoms with Gasteiger partial charge in [0.15, 0.2) is 4.34 Å². The maximum absolute atomic E-state index is 12.0. The zero-order chi connectivity index (χ0) is 18.2. The van der Waals surface area contributed by atoms with E-state index in [9.17, 15) is 9.59 Å². The first-order valence-corrected chi connectivity index (χ1v) is 10.0. The predicted molar refractivity (Wildman–Crippen MR) is 104 cm³/mol. The Morgan fingerprint density at radius 3 is 2.68 bits per heavy atom. The number of halogens is 2. The number of hydrogen-bond donors (Lipinski definition) is 2. The molecule has 134 valence electrons. The summed E-state index contributed by atoms with van der Waals surface area (Å²) in [5, 5.41) is 14.5. The molecule has 0 saturated heterocycles. The summed E-state index contributed by atoms with van der Waals surface area (Å²) < 4.78 is 0.607. The second kappa shape index (κ2) is 9.96. The third-order valence-corrected chi connectivity index (χ3v) is 5.65. The average molecular weight is 419 g/mol. The molecule has 0 radical (unpaired) electrons. The molecule has 0 spiro atoms. The lowest BCUT2D eigenvalue weighted by atomic mass is 10.2. The minimum absolute atomic E-state index is 0.0769. The van der Waals surface area contributed by atoms with Gasteiger partial charge in [-0.25, -0.2) is 0 Å². The van der Waals surface area contributed by atoms with Crippen LogP contribution in [-0.2, 0) is 9.59 Å². The molecule has 1 heterocycles. The van der Waals surface area contributed by atoms with Crippen molar-refractivity contribution in [3.8, 4) is 0 Å². The number of benzene rings is 1. The lowest BCUT2D eigenvalue weighted by Crippen LogP contribution is -2.13. The highest BCUT2D eigenvalue weighted by atomic mass is 35.5. The fourth-order valence-electron chi connectivity index (χ4n) is 1.74. The molecular weight excluding hydrogens is 403 g/mol. The van der Waals surface area contributed by atoms with Crippen molar-refractivity contribution in [3.63, 3.8) is 0 Å². The Morgan fingerprint density at radius 1 is 1.16 bits per heavy atom. The topological polar surface area (TPSA) is 84.0 Å². The predicted octanol–water partition coefficient (Wildman–Crippen LogP) is 4.70. The van der Waals surface area contributed by atoms with Gasteiger partial charge < -0.3 is 10.6 Å². The van der Waals surface area contributed by atoms with Crippen molar-refractivity contribution < 1.29 is 9.59 Å². The third kappa shape index (κ3) is 6.81. The van der Waals surface area contributed by atoms with Crippen LogP contribution < -0.4 is 10.6 Å². The summed E-state index contributed by atoms with van der Waals surface area (Å²) in [6, 6.07) is 4.87. The van der Waals surface area contributed by atoms with Gasteiger partial charge in [-0.2, -0.15) is 0 Å². The van der Waals surface area contributed by atoms with E-state index >= 15 is 0 Å². The summed E-state index contributed by atoms with van der Waals surface area (Å²) in [4.78, 5) is 23.6. The molecule has 2 amide bonds. The van der Waals surface area contributed by atoms with Crippen molar-refractivity contribution in [2.75, 3.05) is 16.4 Å². The van der Waals surface area contributed by atoms with Gasteiger partial charge in [0.2, 0.25) is 16.9 Å². The molecule has 2 N–H and O–H groups in total. The fourth-order valence-corrected chi connectivity index (χ4v) is 3.60. The molecule has 0 aliphatic rings. The van der Waals surface area contributed by atoms with Crippen LogP contribution >= 0.6 is 46.3 Å². The summed E-state index contributed by atoms with van der Waals surface area (Å²) in [7, 11) is 0. The van der Waals surface area contributed by atoms with Gasteiger partial charge in [0.25, 0.3) is 0 Å². The van der Waals surface area contributed by atoms with Gasteiger partial charge in [0, 0.05) is 12.1 Å². The molecule has 25 heavy (non-hydrogen) atoms. The summed E-state index contributed by atoms with van der Waals surface area (Å²) >= 11 is 14.2. The number of amides is 2. The standard InChI is InChI=1S/C15H16Cl2N4O2S2/c1-2-3-4-12(22)19-14-20-21-15(25-14)24-8-13(23)18-9-5-6-10(16)11(17)7-9/h5-7H,2-4,8H2,1H3,(H,18,23)(H,19,20,22). The number of nitrogens with zero attached hydrogens (tertiary/aromatic N) is 2. The first kappa shape index (κ1) is 20.0. The Morgan fingerprint density at radius 2 is 1.96 bits per heavy atom. The Labute approximate surface area is 163 Å². The van der Waals surface area contributed by atoms with E-state index < -0.39 is 0 Å². The lowest BCUT2D eigenvalue weighted by molar-refractivity contribution is -0.116. The van der Waals surface area contributed by atoms with Crippen molar-refractivity contribution in [2.45, 2.75) is 30.5 Å². The van der Waals surface area contributed by atoms with Crippen LogP contribution in [0.15, 0.2) is 22.5 Å². The number of nitrogens with one attached hydrogen (secondary N) is 2. The summed E-state index contributed by atoms with van der Waals surface area (Å²) in [5.74, 6) is -0.113. The van der Waals surface area contributed by atoms with Gasteiger partial charge in [-0.15, -0.1) is 10.2 Å².